The second-order valence-corrected chi connectivity index (χ2v) is 7.18. The largest absolute Gasteiger partial charge is 0.493 e. The van der Waals surface area contributed by atoms with Gasteiger partial charge in [-0.25, -0.2) is 0 Å². The standard InChI is InChI=1S/C23H27NO4/c1-16(2)15-28-21-10-8-17(14-22(21)26-3)9-11-23(25)24-19-12-13-27-20-7-5-4-6-18(19)20/h4-11,14,16,19H,12-13,15H2,1-3H3,(H,24,25)/b11-9+/t19-/m0/s1. The molecular weight excluding hydrogens is 354 g/mol. The van der Waals surface area contributed by atoms with E-state index >= 15 is 0 Å². The third-order valence-corrected chi connectivity index (χ3v) is 4.46. The van der Waals surface area contributed by atoms with Crippen molar-refractivity contribution in [1.82, 2.24) is 5.32 Å². The molecule has 1 N–H and O–H groups in total. The molecule has 0 saturated carbocycles. The number of hydrogen-bond acceptors (Lipinski definition) is 4. The van der Waals surface area contributed by atoms with Crippen LogP contribution in [0.15, 0.2) is 48.5 Å². The number of benzene rings is 2. The van der Waals surface area contributed by atoms with E-state index in [0.29, 0.717) is 30.6 Å². The second kappa shape index (κ2) is 9.31. The van der Waals surface area contributed by atoms with Crippen molar-refractivity contribution in [2.75, 3.05) is 20.3 Å². The highest BCUT2D eigenvalue weighted by Crippen LogP contribution is 2.32. The molecule has 1 amide bonds. The zero-order chi connectivity index (χ0) is 19.9. The number of fused-ring (bicyclic) bond motifs is 1. The maximum Gasteiger partial charge on any atom is 0.244 e. The van der Waals surface area contributed by atoms with E-state index in [1.807, 2.05) is 42.5 Å². The fourth-order valence-corrected chi connectivity index (χ4v) is 3.05. The maximum atomic E-state index is 12.4. The van der Waals surface area contributed by atoms with Crippen LogP contribution >= 0.6 is 0 Å². The number of ether oxygens (including phenoxy) is 3. The predicted molar refractivity (Wildman–Crippen MR) is 110 cm³/mol. The van der Waals surface area contributed by atoms with Crippen molar-refractivity contribution in [3.05, 3.63) is 59.7 Å². The molecule has 2 aromatic carbocycles. The van der Waals surface area contributed by atoms with Crippen molar-refractivity contribution in [2.45, 2.75) is 26.3 Å². The number of carbonyl (C=O) groups excluding carboxylic acids is 1. The Balaban J connectivity index is 1.64. The van der Waals surface area contributed by atoms with Gasteiger partial charge in [0.1, 0.15) is 5.75 Å². The molecule has 0 saturated heterocycles. The molecule has 0 radical (unpaired) electrons. The van der Waals surface area contributed by atoms with Gasteiger partial charge in [-0.1, -0.05) is 38.1 Å². The summed E-state index contributed by atoms with van der Waals surface area (Å²) in [4.78, 5) is 12.4. The Labute approximate surface area is 166 Å². The van der Waals surface area contributed by atoms with E-state index in [4.69, 9.17) is 14.2 Å². The highest BCUT2D eigenvalue weighted by molar-refractivity contribution is 5.92. The minimum absolute atomic E-state index is 0.0385. The molecule has 0 unspecified atom stereocenters. The van der Waals surface area contributed by atoms with Crippen LogP contribution in [0.3, 0.4) is 0 Å². The van der Waals surface area contributed by atoms with Crippen LogP contribution in [0.2, 0.25) is 0 Å². The number of rotatable bonds is 7. The van der Waals surface area contributed by atoms with Crippen molar-refractivity contribution in [3.8, 4) is 17.2 Å². The lowest BCUT2D eigenvalue weighted by Crippen LogP contribution is -2.30. The van der Waals surface area contributed by atoms with Crippen LogP contribution in [0.5, 0.6) is 17.2 Å². The Morgan fingerprint density at radius 2 is 2.07 bits per heavy atom. The lowest BCUT2D eigenvalue weighted by Gasteiger charge is -2.26. The van der Waals surface area contributed by atoms with Gasteiger partial charge in [0.2, 0.25) is 5.91 Å². The van der Waals surface area contributed by atoms with Crippen molar-refractivity contribution >= 4 is 12.0 Å². The summed E-state index contributed by atoms with van der Waals surface area (Å²) in [6, 6.07) is 13.4. The zero-order valence-electron chi connectivity index (χ0n) is 16.6. The quantitative estimate of drug-likeness (QED) is 0.723. The third-order valence-electron chi connectivity index (χ3n) is 4.46. The summed E-state index contributed by atoms with van der Waals surface area (Å²) >= 11 is 0. The monoisotopic (exact) mass is 381 g/mol. The molecule has 148 valence electrons. The van der Waals surface area contributed by atoms with E-state index < -0.39 is 0 Å². The van der Waals surface area contributed by atoms with Gasteiger partial charge >= 0.3 is 0 Å². The minimum Gasteiger partial charge on any atom is -0.493 e. The zero-order valence-corrected chi connectivity index (χ0v) is 16.6. The van der Waals surface area contributed by atoms with Crippen molar-refractivity contribution in [1.29, 1.82) is 0 Å². The Morgan fingerprint density at radius 1 is 1.25 bits per heavy atom. The average Bonchev–Trinajstić information content (AvgIpc) is 2.71. The van der Waals surface area contributed by atoms with Gasteiger partial charge < -0.3 is 19.5 Å². The molecule has 3 rings (SSSR count). The van der Waals surface area contributed by atoms with Crippen LogP contribution in [0.1, 0.15) is 37.4 Å². The molecule has 5 nitrogen and oxygen atoms in total. The van der Waals surface area contributed by atoms with E-state index in [0.717, 1.165) is 23.3 Å². The predicted octanol–water partition coefficient (Wildman–Crippen LogP) is 4.38. The van der Waals surface area contributed by atoms with E-state index in [-0.39, 0.29) is 11.9 Å². The lowest BCUT2D eigenvalue weighted by atomic mass is 10.0. The molecule has 2 aromatic rings. The molecule has 0 aromatic heterocycles. The first kappa shape index (κ1) is 19.8. The molecular formula is C23H27NO4. The molecule has 1 atom stereocenters. The summed E-state index contributed by atoms with van der Waals surface area (Å²) in [7, 11) is 1.61. The number of amides is 1. The number of carbonyl (C=O) groups is 1. The molecule has 1 aliphatic heterocycles. The summed E-state index contributed by atoms with van der Waals surface area (Å²) in [5.74, 6) is 2.49. The summed E-state index contributed by atoms with van der Waals surface area (Å²) < 4.78 is 16.8. The molecule has 1 heterocycles. The minimum atomic E-state index is -0.138. The fraction of sp³-hybridized carbons (Fsp3) is 0.348. The molecule has 0 bridgehead atoms. The van der Waals surface area contributed by atoms with E-state index in [9.17, 15) is 4.79 Å². The van der Waals surface area contributed by atoms with E-state index in [1.165, 1.54) is 0 Å². The molecule has 28 heavy (non-hydrogen) atoms. The van der Waals surface area contributed by atoms with Crippen LogP contribution in [0.25, 0.3) is 6.08 Å². The van der Waals surface area contributed by atoms with Gasteiger partial charge in [-0.05, 0) is 35.8 Å². The van der Waals surface area contributed by atoms with Gasteiger partial charge in [0.15, 0.2) is 11.5 Å². The normalized spacial score (nSPS) is 15.8. The van der Waals surface area contributed by atoms with Gasteiger partial charge in [0.05, 0.1) is 26.4 Å². The van der Waals surface area contributed by atoms with Crippen LogP contribution in [0.4, 0.5) is 0 Å². The highest BCUT2D eigenvalue weighted by atomic mass is 16.5. The van der Waals surface area contributed by atoms with Crippen LogP contribution in [0, 0.1) is 5.92 Å². The lowest BCUT2D eigenvalue weighted by molar-refractivity contribution is -0.117. The van der Waals surface area contributed by atoms with Gasteiger partial charge in [-0.15, -0.1) is 0 Å². The number of hydrogen-bond donors (Lipinski definition) is 1. The number of methoxy groups -OCH3 is 1. The summed E-state index contributed by atoms with van der Waals surface area (Å²) in [6.07, 6.45) is 4.07. The first-order chi connectivity index (χ1) is 13.6. The SMILES string of the molecule is COc1cc(/C=C/C(=O)N[C@H]2CCOc3ccccc32)ccc1OCC(C)C. The molecule has 0 fully saturated rings. The first-order valence-corrected chi connectivity index (χ1v) is 9.58. The van der Waals surface area contributed by atoms with Crippen LogP contribution in [-0.2, 0) is 4.79 Å². The summed E-state index contributed by atoms with van der Waals surface area (Å²) in [6.45, 7) is 5.42. The Kier molecular flexibility index (Phi) is 6.58. The second-order valence-electron chi connectivity index (χ2n) is 7.18. The third kappa shape index (κ3) is 5.06. The van der Waals surface area contributed by atoms with Crippen molar-refractivity contribution in [3.63, 3.8) is 0 Å². The van der Waals surface area contributed by atoms with Gasteiger partial charge in [-0.3, -0.25) is 4.79 Å². The fourth-order valence-electron chi connectivity index (χ4n) is 3.05. The Hall–Kier alpha value is -2.95. The molecule has 0 spiro atoms. The average molecular weight is 381 g/mol. The van der Waals surface area contributed by atoms with E-state index in [2.05, 4.69) is 19.2 Å². The first-order valence-electron chi connectivity index (χ1n) is 9.58. The number of para-hydroxylation sites is 1. The maximum absolute atomic E-state index is 12.4. The summed E-state index contributed by atoms with van der Waals surface area (Å²) in [5.41, 5.74) is 1.89. The van der Waals surface area contributed by atoms with Crippen LogP contribution < -0.4 is 19.5 Å². The van der Waals surface area contributed by atoms with Crippen molar-refractivity contribution in [2.24, 2.45) is 5.92 Å². The van der Waals surface area contributed by atoms with E-state index in [1.54, 1.807) is 19.3 Å². The highest BCUT2D eigenvalue weighted by Gasteiger charge is 2.21. The molecule has 0 aliphatic carbocycles. The number of nitrogens with one attached hydrogen (secondary N) is 1. The molecule has 5 heteroatoms. The summed E-state index contributed by atoms with van der Waals surface area (Å²) in [5, 5.41) is 3.06. The topological polar surface area (TPSA) is 56.8 Å². The Morgan fingerprint density at radius 3 is 2.86 bits per heavy atom. The van der Waals surface area contributed by atoms with Crippen molar-refractivity contribution < 1.29 is 19.0 Å². The van der Waals surface area contributed by atoms with Gasteiger partial charge in [0, 0.05) is 18.1 Å². The van der Waals surface area contributed by atoms with Crippen LogP contribution in [-0.4, -0.2) is 26.2 Å². The van der Waals surface area contributed by atoms with Gasteiger partial charge in [-0.2, -0.15) is 0 Å². The smallest absolute Gasteiger partial charge is 0.244 e. The molecule has 1 aliphatic rings. The Bertz CT molecular complexity index is 844. The van der Waals surface area contributed by atoms with Gasteiger partial charge in [0.25, 0.3) is 0 Å².